The van der Waals surface area contributed by atoms with Crippen molar-refractivity contribution in [2.75, 3.05) is 28.6 Å². The van der Waals surface area contributed by atoms with Crippen molar-refractivity contribution < 1.29 is 4.79 Å². The summed E-state index contributed by atoms with van der Waals surface area (Å²) in [6, 6.07) is 21.9. The predicted octanol–water partition coefficient (Wildman–Crippen LogP) is 5.35. The minimum Gasteiger partial charge on any atom is -0.377 e. The molecule has 0 aliphatic carbocycles. The fourth-order valence-corrected chi connectivity index (χ4v) is 3.23. The van der Waals surface area contributed by atoms with Crippen molar-refractivity contribution >= 4 is 23.0 Å². The summed E-state index contributed by atoms with van der Waals surface area (Å²) in [5.74, 6) is -0.219. The first-order valence-electron chi connectivity index (χ1n) is 10.0. The van der Waals surface area contributed by atoms with Crippen LogP contribution in [0.5, 0.6) is 0 Å². The molecule has 1 aromatic heterocycles. The van der Waals surface area contributed by atoms with Crippen LogP contribution < -0.4 is 15.5 Å². The highest BCUT2D eigenvalue weighted by Crippen LogP contribution is 2.20. The summed E-state index contributed by atoms with van der Waals surface area (Å²) in [6.45, 7) is 8.26. The summed E-state index contributed by atoms with van der Waals surface area (Å²) >= 11 is 0. The molecule has 0 fully saturated rings. The molecule has 1 amide bonds. The minimum absolute atomic E-state index is 0.155. The van der Waals surface area contributed by atoms with E-state index in [0.717, 1.165) is 30.2 Å². The number of rotatable bonds is 8. The Bertz CT molecular complexity index is 904. The number of hydrogen-bond donors (Lipinski definition) is 2. The van der Waals surface area contributed by atoms with Gasteiger partial charge in [-0.25, -0.2) is 4.98 Å². The van der Waals surface area contributed by atoms with Crippen molar-refractivity contribution in [1.82, 2.24) is 4.98 Å². The maximum absolute atomic E-state index is 12.5. The number of aromatic nitrogens is 1. The smallest absolute Gasteiger partial charge is 0.274 e. The molecule has 29 heavy (non-hydrogen) atoms. The third-order valence-electron chi connectivity index (χ3n) is 4.93. The Morgan fingerprint density at radius 2 is 1.59 bits per heavy atom. The van der Waals surface area contributed by atoms with Gasteiger partial charge >= 0.3 is 0 Å². The quantitative estimate of drug-likeness (QED) is 0.546. The number of pyridine rings is 1. The van der Waals surface area contributed by atoms with Crippen molar-refractivity contribution in [2.45, 2.75) is 26.8 Å². The highest BCUT2D eigenvalue weighted by Gasteiger charge is 2.10. The molecule has 0 saturated carbocycles. The van der Waals surface area contributed by atoms with Crippen LogP contribution in [0.1, 0.15) is 42.9 Å². The normalized spacial score (nSPS) is 11.6. The van der Waals surface area contributed by atoms with Gasteiger partial charge < -0.3 is 15.5 Å². The second-order valence-corrected chi connectivity index (χ2v) is 6.88. The Morgan fingerprint density at radius 3 is 2.17 bits per heavy atom. The van der Waals surface area contributed by atoms with Gasteiger partial charge in [0.05, 0.1) is 11.9 Å². The maximum Gasteiger partial charge on any atom is 0.274 e. The van der Waals surface area contributed by atoms with E-state index in [1.165, 1.54) is 5.56 Å². The van der Waals surface area contributed by atoms with Crippen LogP contribution in [0.3, 0.4) is 0 Å². The number of benzene rings is 2. The number of hydrogen-bond acceptors (Lipinski definition) is 4. The molecule has 1 atom stereocenters. The third kappa shape index (κ3) is 5.35. The van der Waals surface area contributed by atoms with Gasteiger partial charge in [0.2, 0.25) is 0 Å². The van der Waals surface area contributed by atoms with E-state index in [9.17, 15) is 4.79 Å². The summed E-state index contributed by atoms with van der Waals surface area (Å²) in [5.41, 5.74) is 4.36. The van der Waals surface area contributed by atoms with E-state index in [0.29, 0.717) is 5.69 Å². The molecule has 1 heterocycles. The Balaban J connectivity index is 1.60. The lowest BCUT2D eigenvalue weighted by Crippen LogP contribution is -2.21. The monoisotopic (exact) mass is 388 g/mol. The second kappa shape index (κ2) is 9.73. The lowest BCUT2D eigenvalue weighted by atomic mass is 10.1. The second-order valence-electron chi connectivity index (χ2n) is 6.88. The predicted molar refractivity (Wildman–Crippen MR) is 121 cm³/mol. The first-order chi connectivity index (χ1) is 14.1. The Hall–Kier alpha value is -3.34. The number of nitrogens with zero attached hydrogens (tertiary/aromatic N) is 2. The van der Waals surface area contributed by atoms with Gasteiger partial charge in [0.1, 0.15) is 5.69 Å². The summed E-state index contributed by atoms with van der Waals surface area (Å²) in [5, 5.41) is 6.31. The standard InChI is InChI=1S/C24H28N4O/c1-4-28(5-2)22-14-11-20(12-15-22)27-24(29)23-16-13-21(17-25-23)26-18(3)19-9-7-6-8-10-19/h6-18,26H,4-5H2,1-3H3,(H,27,29). The molecule has 0 saturated heterocycles. The van der Waals surface area contributed by atoms with Crippen LogP contribution in [0.4, 0.5) is 17.1 Å². The van der Waals surface area contributed by atoms with Crippen LogP contribution in [0.25, 0.3) is 0 Å². The summed E-state index contributed by atoms with van der Waals surface area (Å²) in [6.07, 6.45) is 1.69. The largest absolute Gasteiger partial charge is 0.377 e. The van der Waals surface area contributed by atoms with E-state index >= 15 is 0 Å². The molecule has 3 aromatic rings. The zero-order chi connectivity index (χ0) is 20.6. The molecule has 2 aromatic carbocycles. The van der Waals surface area contributed by atoms with E-state index in [-0.39, 0.29) is 11.9 Å². The zero-order valence-corrected chi connectivity index (χ0v) is 17.2. The van der Waals surface area contributed by atoms with Gasteiger partial charge in [-0.3, -0.25) is 4.79 Å². The van der Waals surface area contributed by atoms with Crippen molar-refractivity contribution in [2.24, 2.45) is 0 Å². The van der Waals surface area contributed by atoms with E-state index < -0.39 is 0 Å². The van der Waals surface area contributed by atoms with Gasteiger partial charge in [0.25, 0.3) is 5.91 Å². The SMILES string of the molecule is CCN(CC)c1ccc(NC(=O)c2ccc(NC(C)c3ccccc3)cn2)cc1. The highest BCUT2D eigenvalue weighted by atomic mass is 16.1. The molecule has 5 heteroatoms. The van der Waals surface area contributed by atoms with Crippen LogP contribution in [0, 0.1) is 0 Å². The van der Waals surface area contributed by atoms with Crippen molar-refractivity contribution in [1.29, 1.82) is 0 Å². The Morgan fingerprint density at radius 1 is 0.931 bits per heavy atom. The molecular weight excluding hydrogens is 360 g/mol. The fraction of sp³-hybridized carbons (Fsp3) is 0.250. The molecule has 1 unspecified atom stereocenters. The Kier molecular flexibility index (Phi) is 6.85. The van der Waals surface area contributed by atoms with Crippen LogP contribution in [-0.4, -0.2) is 24.0 Å². The number of anilines is 3. The average molecular weight is 389 g/mol. The summed E-state index contributed by atoms with van der Waals surface area (Å²) < 4.78 is 0. The molecule has 5 nitrogen and oxygen atoms in total. The van der Waals surface area contributed by atoms with Crippen LogP contribution in [0.2, 0.25) is 0 Å². The number of nitrogens with one attached hydrogen (secondary N) is 2. The van der Waals surface area contributed by atoms with E-state index in [2.05, 4.69) is 53.4 Å². The van der Waals surface area contributed by atoms with Gasteiger partial charge in [0.15, 0.2) is 0 Å². The molecule has 2 N–H and O–H groups in total. The topological polar surface area (TPSA) is 57.3 Å². The summed E-state index contributed by atoms with van der Waals surface area (Å²) in [7, 11) is 0. The highest BCUT2D eigenvalue weighted by molar-refractivity contribution is 6.03. The fourth-order valence-electron chi connectivity index (χ4n) is 3.23. The first kappa shape index (κ1) is 20.4. The average Bonchev–Trinajstić information content (AvgIpc) is 2.77. The zero-order valence-electron chi connectivity index (χ0n) is 17.2. The van der Waals surface area contributed by atoms with Gasteiger partial charge in [-0.15, -0.1) is 0 Å². The first-order valence-corrected chi connectivity index (χ1v) is 10.0. The third-order valence-corrected chi connectivity index (χ3v) is 4.93. The lowest BCUT2D eigenvalue weighted by molar-refractivity contribution is 0.102. The molecule has 0 spiro atoms. The molecule has 0 radical (unpaired) electrons. The van der Waals surface area contributed by atoms with Gasteiger partial charge in [-0.1, -0.05) is 30.3 Å². The Labute approximate surface area is 172 Å². The number of carbonyl (C=O) groups excluding carboxylic acids is 1. The molecular formula is C24H28N4O. The maximum atomic E-state index is 12.5. The van der Waals surface area contributed by atoms with E-state index in [1.807, 2.05) is 48.5 Å². The molecule has 3 rings (SSSR count). The molecule has 0 aliphatic rings. The summed E-state index contributed by atoms with van der Waals surface area (Å²) in [4.78, 5) is 19.1. The van der Waals surface area contributed by atoms with Crippen LogP contribution in [-0.2, 0) is 0 Å². The van der Waals surface area contributed by atoms with Crippen molar-refractivity contribution in [3.63, 3.8) is 0 Å². The molecule has 0 aliphatic heterocycles. The van der Waals surface area contributed by atoms with Gasteiger partial charge in [-0.2, -0.15) is 0 Å². The van der Waals surface area contributed by atoms with Gasteiger partial charge in [-0.05, 0) is 62.7 Å². The van der Waals surface area contributed by atoms with Crippen LogP contribution >= 0.6 is 0 Å². The molecule has 0 bridgehead atoms. The van der Waals surface area contributed by atoms with E-state index in [1.54, 1.807) is 12.3 Å². The van der Waals surface area contributed by atoms with Gasteiger partial charge in [0, 0.05) is 30.5 Å². The minimum atomic E-state index is -0.219. The van der Waals surface area contributed by atoms with Crippen molar-refractivity contribution in [3.05, 3.63) is 84.2 Å². The van der Waals surface area contributed by atoms with E-state index in [4.69, 9.17) is 0 Å². The number of amides is 1. The molecule has 150 valence electrons. The van der Waals surface area contributed by atoms with Crippen LogP contribution in [0.15, 0.2) is 72.9 Å². The number of carbonyl (C=O) groups is 1. The lowest BCUT2D eigenvalue weighted by Gasteiger charge is -2.21. The van der Waals surface area contributed by atoms with Crippen molar-refractivity contribution in [3.8, 4) is 0 Å².